The second-order valence-corrected chi connectivity index (χ2v) is 5.03. The minimum Gasteiger partial charge on any atom is -0.480 e. The smallest absolute Gasteiger partial charge is 0.326 e. The number of carbonyl (C=O) groups is 2. The molecule has 1 heterocycles. The molecule has 0 bridgehead atoms. The van der Waals surface area contributed by atoms with E-state index < -0.39 is 18.0 Å². The summed E-state index contributed by atoms with van der Waals surface area (Å²) in [7, 11) is 1.48. The van der Waals surface area contributed by atoms with Crippen LogP contribution in [0.15, 0.2) is 11.4 Å². The van der Waals surface area contributed by atoms with Crippen LogP contribution >= 0.6 is 11.3 Å². The van der Waals surface area contributed by atoms with Gasteiger partial charge in [0.25, 0.3) is 0 Å². The van der Waals surface area contributed by atoms with Gasteiger partial charge < -0.3 is 20.5 Å². The number of amides is 2. The number of urea groups is 1. The fourth-order valence-corrected chi connectivity index (χ4v) is 2.29. The number of carboxylic acids is 1. The number of nitrogens with one attached hydrogen (secondary N) is 2. The maximum atomic E-state index is 11.6. The molecule has 19 heavy (non-hydrogen) atoms. The summed E-state index contributed by atoms with van der Waals surface area (Å²) in [5.41, 5.74) is 1.11. The number of carbonyl (C=O) groups excluding carboxylic acids is 1. The molecule has 0 aliphatic rings. The van der Waals surface area contributed by atoms with E-state index in [4.69, 9.17) is 9.84 Å². The van der Waals surface area contributed by atoms with Crippen LogP contribution in [-0.4, -0.2) is 36.9 Å². The van der Waals surface area contributed by atoms with Gasteiger partial charge in [-0.05, 0) is 23.9 Å². The van der Waals surface area contributed by atoms with Crippen molar-refractivity contribution in [1.82, 2.24) is 10.6 Å². The SMILES string of the molecule is COCCC(NC(=O)NCc1sccc1C)C(=O)O. The van der Waals surface area contributed by atoms with Gasteiger partial charge in [0.1, 0.15) is 6.04 Å². The van der Waals surface area contributed by atoms with Gasteiger partial charge in [0.2, 0.25) is 0 Å². The third-order valence-electron chi connectivity index (χ3n) is 2.59. The average molecular weight is 286 g/mol. The molecule has 1 rings (SSSR count). The zero-order valence-corrected chi connectivity index (χ0v) is 11.8. The first kappa shape index (κ1) is 15.5. The normalized spacial score (nSPS) is 11.9. The van der Waals surface area contributed by atoms with Gasteiger partial charge in [-0.25, -0.2) is 9.59 Å². The number of aryl methyl sites for hydroxylation is 1. The molecule has 1 aromatic heterocycles. The molecule has 106 valence electrons. The van der Waals surface area contributed by atoms with E-state index in [0.717, 1.165) is 10.4 Å². The minimum atomic E-state index is -1.07. The lowest BCUT2D eigenvalue weighted by atomic mass is 10.2. The Bertz CT molecular complexity index is 433. The van der Waals surface area contributed by atoms with Crippen LogP contribution in [0.25, 0.3) is 0 Å². The number of aliphatic carboxylic acids is 1. The van der Waals surface area contributed by atoms with Crippen LogP contribution in [0.1, 0.15) is 16.9 Å². The van der Waals surface area contributed by atoms with Gasteiger partial charge in [-0.15, -0.1) is 11.3 Å². The zero-order valence-electron chi connectivity index (χ0n) is 10.9. The molecule has 0 saturated heterocycles. The number of hydrogen-bond acceptors (Lipinski definition) is 4. The summed E-state index contributed by atoms with van der Waals surface area (Å²) in [6.45, 7) is 2.64. The van der Waals surface area contributed by atoms with Crippen LogP contribution in [0.4, 0.5) is 4.79 Å². The first-order valence-corrected chi connectivity index (χ1v) is 6.71. The van der Waals surface area contributed by atoms with E-state index in [1.165, 1.54) is 7.11 Å². The van der Waals surface area contributed by atoms with Crippen LogP contribution in [0.2, 0.25) is 0 Å². The molecule has 7 heteroatoms. The highest BCUT2D eigenvalue weighted by Gasteiger charge is 2.19. The molecule has 3 N–H and O–H groups in total. The van der Waals surface area contributed by atoms with Crippen LogP contribution < -0.4 is 10.6 Å². The summed E-state index contributed by atoms with van der Waals surface area (Å²) in [4.78, 5) is 23.6. The van der Waals surface area contributed by atoms with E-state index in [9.17, 15) is 9.59 Å². The van der Waals surface area contributed by atoms with Crippen molar-refractivity contribution in [2.24, 2.45) is 0 Å². The average Bonchev–Trinajstić information content (AvgIpc) is 2.77. The van der Waals surface area contributed by atoms with Crippen molar-refractivity contribution in [1.29, 1.82) is 0 Å². The van der Waals surface area contributed by atoms with Crippen molar-refractivity contribution in [3.8, 4) is 0 Å². The highest BCUT2D eigenvalue weighted by Crippen LogP contribution is 2.14. The molecule has 1 atom stereocenters. The monoisotopic (exact) mass is 286 g/mol. The van der Waals surface area contributed by atoms with Crippen LogP contribution in [0.5, 0.6) is 0 Å². The van der Waals surface area contributed by atoms with Crippen LogP contribution in [0.3, 0.4) is 0 Å². The van der Waals surface area contributed by atoms with Crippen LogP contribution in [-0.2, 0) is 16.1 Å². The molecule has 0 aliphatic heterocycles. The molecule has 0 fully saturated rings. The summed E-state index contributed by atoms with van der Waals surface area (Å²) >= 11 is 1.55. The van der Waals surface area contributed by atoms with Gasteiger partial charge in [-0.1, -0.05) is 0 Å². The predicted molar refractivity (Wildman–Crippen MR) is 72.3 cm³/mol. The maximum Gasteiger partial charge on any atom is 0.326 e. The lowest BCUT2D eigenvalue weighted by molar-refractivity contribution is -0.139. The zero-order chi connectivity index (χ0) is 14.3. The van der Waals surface area contributed by atoms with Crippen molar-refractivity contribution >= 4 is 23.3 Å². The molecule has 1 unspecified atom stereocenters. The topological polar surface area (TPSA) is 87.7 Å². The Hall–Kier alpha value is -1.60. The number of thiophene rings is 1. The third-order valence-corrected chi connectivity index (χ3v) is 3.61. The van der Waals surface area contributed by atoms with Crippen LogP contribution in [0, 0.1) is 6.92 Å². The van der Waals surface area contributed by atoms with Gasteiger partial charge in [0.05, 0.1) is 6.54 Å². The highest BCUT2D eigenvalue weighted by atomic mass is 32.1. The Kier molecular flexibility index (Phi) is 6.31. The number of rotatable bonds is 7. The summed E-state index contributed by atoms with van der Waals surface area (Å²) in [6, 6.07) is 0.541. The number of methoxy groups -OCH3 is 1. The Labute approximate surface area is 115 Å². The lowest BCUT2D eigenvalue weighted by Gasteiger charge is -2.14. The van der Waals surface area contributed by atoms with Gasteiger partial charge in [0.15, 0.2) is 0 Å². The van der Waals surface area contributed by atoms with E-state index in [0.29, 0.717) is 6.54 Å². The first-order chi connectivity index (χ1) is 9.04. The Morgan fingerprint density at radius 1 is 1.53 bits per heavy atom. The highest BCUT2D eigenvalue weighted by molar-refractivity contribution is 7.10. The predicted octanol–water partition coefficient (Wildman–Crippen LogP) is 1.35. The fraction of sp³-hybridized carbons (Fsp3) is 0.500. The molecule has 0 radical (unpaired) electrons. The Morgan fingerprint density at radius 2 is 2.26 bits per heavy atom. The van der Waals surface area contributed by atoms with E-state index in [-0.39, 0.29) is 13.0 Å². The standard InChI is InChI=1S/C12H18N2O4S/c1-8-4-6-19-10(8)7-13-12(17)14-9(11(15)16)3-5-18-2/h4,6,9H,3,5,7H2,1-2H3,(H,15,16)(H2,13,14,17). The van der Waals surface area contributed by atoms with E-state index in [1.54, 1.807) is 11.3 Å². The van der Waals surface area contributed by atoms with Crippen molar-refractivity contribution in [3.05, 3.63) is 21.9 Å². The molecule has 0 spiro atoms. The molecular weight excluding hydrogens is 268 g/mol. The molecular formula is C12H18N2O4S. The Morgan fingerprint density at radius 3 is 2.79 bits per heavy atom. The van der Waals surface area contributed by atoms with Crippen molar-refractivity contribution in [2.45, 2.75) is 25.9 Å². The second kappa shape index (κ2) is 7.75. The third kappa shape index (κ3) is 5.27. The fourth-order valence-electron chi connectivity index (χ4n) is 1.45. The second-order valence-electron chi connectivity index (χ2n) is 4.03. The van der Waals surface area contributed by atoms with Crippen molar-refractivity contribution < 1.29 is 19.4 Å². The molecule has 1 aromatic rings. The van der Waals surface area contributed by atoms with Gasteiger partial charge in [-0.2, -0.15) is 0 Å². The van der Waals surface area contributed by atoms with E-state index >= 15 is 0 Å². The number of hydrogen-bond donors (Lipinski definition) is 3. The Balaban J connectivity index is 2.40. The summed E-state index contributed by atoms with van der Waals surface area (Å²) in [5.74, 6) is -1.07. The summed E-state index contributed by atoms with van der Waals surface area (Å²) < 4.78 is 4.81. The first-order valence-electron chi connectivity index (χ1n) is 5.83. The number of carboxylic acid groups (broad SMARTS) is 1. The molecule has 0 aliphatic carbocycles. The van der Waals surface area contributed by atoms with E-state index in [2.05, 4.69) is 10.6 Å². The lowest BCUT2D eigenvalue weighted by Crippen LogP contribution is -2.46. The van der Waals surface area contributed by atoms with Gasteiger partial charge in [0, 0.05) is 25.0 Å². The largest absolute Gasteiger partial charge is 0.480 e. The molecule has 2 amide bonds. The van der Waals surface area contributed by atoms with E-state index in [1.807, 2.05) is 18.4 Å². The summed E-state index contributed by atoms with van der Waals surface area (Å²) in [6.07, 6.45) is 0.233. The quantitative estimate of drug-likeness (QED) is 0.706. The summed E-state index contributed by atoms with van der Waals surface area (Å²) in [5, 5.41) is 15.9. The van der Waals surface area contributed by atoms with Gasteiger partial charge >= 0.3 is 12.0 Å². The van der Waals surface area contributed by atoms with Crippen molar-refractivity contribution in [2.75, 3.05) is 13.7 Å². The van der Waals surface area contributed by atoms with Crippen molar-refractivity contribution in [3.63, 3.8) is 0 Å². The molecule has 0 aromatic carbocycles. The minimum absolute atomic E-state index is 0.233. The molecule has 6 nitrogen and oxygen atoms in total. The molecule has 0 saturated carbocycles. The maximum absolute atomic E-state index is 11.6. The van der Waals surface area contributed by atoms with Gasteiger partial charge in [-0.3, -0.25) is 0 Å². The number of ether oxygens (including phenoxy) is 1.